The van der Waals surface area contributed by atoms with Gasteiger partial charge in [-0.2, -0.15) is 0 Å². The molecule has 3 fully saturated rings. The number of ether oxygens (including phenoxy) is 1. The van der Waals surface area contributed by atoms with Crippen LogP contribution in [0.3, 0.4) is 0 Å². The van der Waals surface area contributed by atoms with E-state index in [4.69, 9.17) is 16.3 Å². The molecule has 5 rings (SSSR count). The average molecular weight is 359 g/mol. The highest BCUT2D eigenvalue weighted by atomic mass is 35.5. The van der Waals surface area contributed by atoms with Crippen molar-refractivity contribution in [3.8, 4) is 11.5 Å². The van der Waals surface area contributed by atoms with Gasteiger partial charge in [0.15, 0.2) is 5.37 Å². The van der Waals surface area contributed by atoms with Crippen LogP contribution in [-0.2, 0) is 9.59 Å². The Labute approximate surface area is 139 Å². The van der Waals surface area contributed by atoms with Gasteiger partial charge in [0.25, 0.3) is 17.5 Å². The smallest absolute Gasteiger partial charge is 0.291 e. The lowest BCUT2D eigenvalue weighted by Gasteiger charge is -2.45. The minimum Gasteiger partial charge on any atom is -0.506 e. The van der Waals surface area contributed by atoms with Crippen molar-refractivity contribution in [2.45, 2.75) is 16.3 Å². The molecule has 3 saturated heterocycles. The van der Waals surface area contributed by atoms with Gasteiger partial charge < -0.3 is 14.7 Å². The number of aromatic hydroxyl groups is 1. The first-order valence-electron chi connectivity index (χ1n) is 6.46. The molecule has 2 amide bonds. The molecule has 0 unspecified atom stereocenters. The van der Waals surface area contributed by atoms with Crippen molar-refractivity contribution in [1.29, 1.82) is 0 Å². The molecule has 1 N–H and O–H groups in total. The Hall–Kier alpha value is -1.25. The summed E-state index contributed by atoms with van der Waals surface area (Å²) in [7, 11) is 5.94. The standard InChI is InChI=1S/C13H11ClN2O4S2/c1-15-11-10(18)16(2)13(12(15)19)9(21-22-11)5-3-6(14)7(17)4-8(5)20-13/h3-4,9,11,17H,1-2H3/t9-,11-,13+/m0/s1. The van der Waals surface area contributed by atoms with Crippen molar-refractivity contribution in [2.75, 3.05) is 14.1 Å². The Morgan fingerprint density at radius 1 is 1.32 bits per heavy atom. The van der Waals surface area contributed by atoms with E-state index in [0.29, 0.717) is 11.3 Å². The third-order valence-corrected chi connectivity index (χ3v) is 7.58. The fourth-order valence-corrected chi connectivity index (χ4v) is 6.58. The molecule has 4 aliphatic rings. The number of nitrogens with zero attached hydrogens (tertiary/aromatic N) is 2. The summed E-state index contributed by atoms with van der Waals surface area (Å²) >= 11 is 6.00. The zero-order chi connectivity index (χ0) is 15.8. The monoisotopic (exact) mass is 358 g/mol. The SMILES string of the molecule is CN1C(=O)[C@]23Oc4cc(O)c(Cl)cc4[C@@H]2SS[C@H]1C(=O)N3C. The molecular weight excluding hydrogens is 348 g/mol. The lowest BCUT2D eigenvalue weighted by Crippen LogP contribution is -2.70. The van der Waals surface area contributed by atoms with E-state index in [1.165, 1.54) is 37.5 Å². The molecule has 4 heterocycles. The summed E-state index contributed by atoms with van der Waals surface area (Å²) < 4.78 is 5.93. The zero-order valence-corrected chi connectivity index (χ0v) is 14.0. The first kappa shape index (κ1) is 14.3. The summed E-state index contributed by atoms with van der Waals surface area (Å²) in [6, 6.07) is 2.99. The van der Waals surface area contributed by atoms with E-state index in [1.54, 1.807) is 20.2 Å². The van der Waals surface area contributed by atoms with Crippen LogP contribution >= 0.6 is 33.2 Å². The maximum Gasteiger partial charge on any atom is 0.291 e. The van der Waals surface area contributed by atoms with Crippen LogP contribution in [0, 0.1) is 0 Å². The third kappa shape index (κ3) is 1.50. The molecule has 0 radical (unpaired) electrons. The number of hydrogen-bond acceptors (Lipinski definition) is 6. The summed E-state index contributed by atoms with van der Waals surface area (Å²) in [6.45, 7) is 0. The molecule has 9 heteroatoms. The number of rotatable bonds is 0. The number of hydrogen-bond donors (Lipinski definition) is 1. The lowest BCUT2D eigenvalue weighted by atomic mass is 9.99. The van der Waals surface area contributed by atoms with Gasteiger partial charge in [-0.15, -0.1) is 0 Å². The summed E-state index contributed by atoms with van der Waals surface area (Å²) in [5, 5.41) is 9.01. The molecule has 2 bridgehead atoms. The minimum atomic E-state index is -1.42. The zero-order valence-electron chi connectivity index (χ0n) is 11.6. The van der Waals surface area contributed by atoms with Crippen molar-refractivity contribution < 1.29 is 19.4 Å². The number of fused-ring (bicyclic) bond motifs is 4. The van der Waals surface area contributed by atoms with Crippen LogP contribution in [0.25, 0.3) is 0 Å². The summed E-state index contributed by atoms with van der Waals surface area (Å²) in [5.41, 5.74) is -0.708. The quantitative estimate of drug-likeness (QED) is 0.713. The fourth-order valence-electron chi connectivity index (χ4n) is 3.01. The molecule has 0 aliphatic carbocycles. The highest BCUT2D eigenvalue weighted by Gasteiger charge is 2.67. The molecule has 0 saturated carbocycles. The summed E-state index contributed by atoms with van der Waals surface area (Å²) in [6.07, 6.45) is 0. The van der Waals surface area contributed by atoms with Gasteiger partial charge in [-0.25, -0.2) is 0 Å². The fraction of sp³-hybridized carbons (Fsp3) is 0.385. The first-order valence-corrected chi connectivity index (χ1v) is 9.12. The first-order chi connectivity index (χ1) is 10.4. The largest absolute Gasteiger partial charge is 0.506 e. The maximum absolute atomic E-state index is 12.9. The van der Waals surface area contributed by atoms with Gasteiger partial charge in [0.05, 0.1) is 5.02 Å². The van der Waals surface area contributed by atoms with E-state index in [2.05, 4.69) is 0 Å². The second-order valence-electron chi connectivity index (χ2n) is 5.38. The highest BCUT2D eigenvalue weighted by molar-refractivity contribution is 8.77. The number of likely N-dealkylation sites (N-methyl/N-ethyl adjacent to an activating group) is 2. The van der Waals surface area contributed by atoms with Crippen LogP contribution in [0.1, 0.15) is 10.8 Å². The lowest BCUT2D eigenvalue weighted by molar-refractivity contribution is -0.182. The number of phenols is 1. The molecule has 6 nitrogen and oxygen atoms in total. The Morgan fingerprint density at radius 2 is 2.05 bits per heavy atom. The number of benzene rings is 1. The Kier molecular flexibility index (Phi) is 2.87. The molecule has 1 aromatic carbocycles. The second-order valence-corrected chi connectivity index (χ2v) is 8.24. The molecule has 0 aromatic heterocycles. The molecule has 116 valence electrons. The average Bonchev–Trinajstić information content (AvgIpc) is 2.68. The second kappa shape index (κ2) is 4.39. The molecule has 1 aromatic rings. The topological polar surface area (TPSA) is 70.1 Å². The predicted molar refractivity (Wildman–Crippen MR) is 83.7 cm³/mol. The van der Waals surface area contributed by atoms with Crippen LogP contribution < -0.4 is 4.74 Å². The summed E-state index contributed by atoms with van der Waals surface area (Å²) in [4.78, 5) is 28.2. The van der Waals surface area contributed by atoms with Gasteiger partial charge in [-0.05, 0) is 6.07 Å². The van der Waals surface area contributed by atoms with Crippen molar-refractivity contribution in [3.63, 3.8) is 0 Å². The van der Waals surface area contributed by atoms with Crippen molar-refractivity contribution in [2.24, 2.45) is 0 Å². The molecule has 3 atom stereocenters. The number of amides is 2. The van der Waals surface area contributed by atoms with Gasteiger partial charge in [-0.1, -0.05) is 33.2 Å². The van der Waals surface area contributed by atoms with Crippen LogP contribution in [-0.4, -0.2) is 51.9 Å². The molecule has 22 heavy (non-hydrogen) atoms. The van der Waals surface area contributed by atoms with Crippen LogP contribution in [0.5, 0.6) is 11.5 Å². The number of carbonyl (C=O) groups is 2. The van der Waals surface area contributed by atoms with Gasteiger partial charge in [-0.3, -0.25) is 14.5 Å². The number of phenolic OH excluding ortho intramolecular Hbond substituents is 1. The van der Waals surface area contributed by atoms with E-state index >= 15 is 0 Å². The number of piperazine rings is 1. The Bertz CT molecular complexity index is 730. The van der Waals surface area contributed by atoms with Gasteiger partial charge in [0, 0.05) is 25.7 Å². The highest BCUT2D eigenvalue weighted by Crippen LogP contribution is 2.62. The summed E-state index contributed by atoms with van der Waals surface area (Å²) in [5.74, 6) is -0.185. The third-order valence-electron chi connectivity index (χ3n) is 4.24. The Morgan fingerprint density at radius 3 is 2.77 bits per heavy atom. The predicted octanol–water partition coefficient (Wildman–Crippen LogP) is 1.83. The van der Waals surface area contributed by atoms with Crippen LogP contribution in [0.2, 0.25) is 5.02 Å². The molecule has 4 aliphatic heterocycles. The molecule has 1 spiro atoms. The van der Waals surface area contributed by atoms with Gasteiger partial charge in [0.2, 0.25) is 0 Å². The number of carbonyl (C=O) groups excluding carboxylic acids is 2. The van der Waals surface area contributed by atoms with E-state index in [9.17, 15) is 14.7 Å². The maximum atomic E-state index is 12.9. The van der Waals surface area contributed by atoms with E-state index in [-0.39, 0.29) is 22.6 Å². The van der Waals surface area contributed by atoms with Gasteiger partial charge in [0.1, 0.15) is 16.7 Å². The van der Waals surface area contributed by atoms with Crippen molar-refractivity contribution in [1.82, 2.24) is 9.80 Å². The normalized spacial score (nSPS) is 32.7. The van der Waals surface area contributed by atoms with Crippen LogP contribution in [0.15, 0.2) is 12.1 Å². The van der Waals surface area contributed by atoms with E-state index < -0.39 is 16.3 Å². The van der Waals surface area contributed by atoms with Crippen molar-refractivity contribution >= 4 is 45.0 Å². The minimum absolute atomic E-state index is 0.116. The van der Waals surface area contributed by atoms with E-state index in [1.807, 2.05) is 0 Å². The van der Waals surface area contributed by atoms with E-state index in [0.717, 1.165) is 0 Å². The Balaban J connectivity index is 1.95. The van der Waals surface area contributed by atoms with Crippen molar-refractivity contribution in [3.05, 3.63) is 22.7 Å². The molecular formula is C13H11ClN2O4S2. The van der Waals surface area contributed by atoms with Crippen LogP contribution in [0.4, 0.5) is 0 Å². The number of halogens is 1. The van der Waals surface area contributed by atoms with Gasteiger partial charge >= 0.3 is 0 Å².